The number of aromatic nitrogens is 1. The summed E-state index contributed by atoms with van der Waals surface area (Å²) in [5.74, 6) is -1.89. The van der Waals surface area contributed by atoms with Crippen molar-refractivity contribution in [1.82, 2.24) is 10.1 Å². The number of ether oxygens (including phenoxy) is 1. The largest absolute Gasteiger partial charge is 0.573 e. The second kappa shape index (κ2) is 5.61. The van der Waals surface area contributed by atoms with Gasteiger partial charge in [-0.15, -0.1) is 13.2 Å². The van der Waals surface area contributed by atoms with Gasteiger partial charge in [0.2, 0.25) is 5.88 Å². The molecule has 6 nitrogen and oxygen atoms in total. The van der Waals surface area contributed by atoms with E-state index in [1.165, 1.54) is 4.90 Å². The highest BCUT2D eigenvalue weighted by atomic mass is 19.4. The molecule has 0 spiro atoms. The molecule has 3 atom stereocenters. The number of fused-ring (bicyclic) bond motifs is 1. The van der Waals surface area contributed by atoms with Crippen LogP contribution in [0.15, 0.2) is 28.8 Å². The number of alkyl halides is 3. The summed E-state index contributed by atoms with van der Waals surface area (Å²) in [5, 5.41) is 3.88. The van der Waals surface area contributed by atoms with Gasteiger partial charge in [0.05, 0.1) is 5.69 Å². The van der Waals surface area contributed by atoms with Gasteiger partial charge in [0.1, 0.15) is 0 Å². The topological polar surface area (TPSA) is 81.6 Å². The molecule has 2 heterocycles. The predicted octanol–water partition coefficient (Wildman–Crippen LogP) is 2.78. The third-order valence-electron chi connectivity index (χ3n) is 4.77. The molecule has 138 valence electrons. The zero-order valence-electron chi connectivity index (χ0n) is 13.2. The van der Waals surface area contributed by atoms with Crippen molar-refractivity contribution < 1.29 is 31.6 Å². The van der Waals surface area contributed by atoms with Crippen LogP contribution in [0, 0.1) is 17.7 Å². The van der Waals surface area contributed by atoms with E-state index in [-0.39, 0.29) is 29.2 Å². The molecule has 0 radical (unpaired) electrons. The molecule has 2 aliphatic rings. The number of amides is 1. The van der Waals surface area contributed by atoms with Crippen molar-refractivity contribution in [2.45, 2.75) is 12.3 Å². The Morgan fingerprint density at radius 2 is 1.96 bits per heavy atom. The molecule has 4 rings (SSSR count). The minimum atomic E-state index is -5.04. The molecule has 1 unspecified atom stereocenters. The van der Waals surface area contributed by atoms with Crippen LogP contribution in [0.1, 0.15) is 22.0 Å². The summed E-state index contributed by atoms with van der Waals surface area (Å²) in [7, 11) is 0. The number of benzene rings is 1. The summed E-state index contributed by atoms with van der Waals surface area (Å²) >= 11 is 0. The summed E-state index contributed by atoms with van der Waals surface area (Å²) in [6.45, 7) is 0.877. The molecule has 2 N–H and O–H groups in total. The molecule has 1 saturated heterocycles. The van der Waals surface area contributed by atoms with Crippen LogP contribution in [-0.2, 0) is 0 Å². The van der Waals surface area contributed by atoms with E-state index in [0.717, 1.165) is 23.9 Å². The number of rotatable bonds is 3. The standard InChI is InChI=1S/C16H13F4N3O3/c17-10-2-1-7(3-12(10)25-16(18,19)20)15(24)23-5-8-9(6-23)14(8)11-4-13(21)26-22-11/h1-4,8-9,14H,5-6,21H2/t8-,9+,14?. The van der Waals surface area contributed by atoms with Gasteiger partial charge >= 0.3 is 6.36 Å². The van der Waals surface area contributed by atoms with E-state index in [2.05, 4.69) is 9.89 Å². The second-order valence-corrected chi connectivity index (χ2v) is 6.41. The van der Waals surface area contributed by atoms with Crippen LogP contribution < -0.4 is 10.5 Å². The molecule has 0 bridgehead atoms. The lowest BCUT2D eigenvalue weighted by Crippen LogP contribution is -2.31. The molecular weight excluding hydrogens is 358 g/mol. The molecule has 1 aromatic carbocycles. The quantitative estimate of drug-likeness (QED) is 0.839. The van der Waals surface area contributed by atoms with Crippen LogP contribution in [0.2, 0.25) is 0 Å². The van der Waals surface area contributed by atoms with Gasteiger partial charge in [0.15, 0.2) is 11.6 Å². The summed E-state index contributed by atoms with van der Waals surface area (Å²) in [4.78, 5) is 14.0. The maximum absolute atomic E-state index is 13.5. The Bertz CT molecular complexity index is 855. The van der Waals surface area contributed by atoms with Crippen LogP contribution in [-0.4, -0.2) is 35.4 Å². The SMILES string of the molecule is Nc1cc(C2[C@H]3CN(C(=O)c4ccc(F)c(OC(F)(F)F)c4)C[C@@H]23)no1. The van der Waals surface area contributed by atoms with Gasteiger partial charge in [-0.2, -0.15) is 0 Å². The van der Waals surface area contributed by atoms with Gasteiger partial charge in [0, 0.05) is 30.6 Å². The molecule has 26 heavy (non-hydrogen) atoms. The number of nitrogen functional groups attached to an aromatic ring is 1. The molecule has 1 saturated carbocycles. The molecule has 2 aromatic rings. The molecule has 1 aliphatic carbocycles. The molecule has 1 amide bonds. The number of hydrogen-bond acceptors (Lipinski definition) is 5. The molecule has 10 heteroatoms. The van der Waals surface area contributed by atoms with Crippen LogP contribution in [0.5, 0.6) is 5.75 Å². The summed E-state index contributed by atoms with van der Waals surface area (Å²) in [5.41, 5.74) is 6.18. The van der Waals surface area contributed by atoms with Gasteiger partial charge in [-0.3, -0.25) is 4.79 Å². The molecular formula is C16H13F4N3O3. The number of nitrogens with zero attached hydrogens (tertiary/aromatic N) is 2. The van der Waals surface area contributed by atoms with Crippen molar-refractivity contribution in [3.63, 3.8) is 0 Å². The number of piperidine rings is 1. The Morgan fingerprint density at radius 3 is 2.54 bits per heavy atom. The van der Waals surface area contributed by atoms with E-state index in [0.29, 0.717) is 13.1 Å². The van der Waals surface area contributed by atoms with Crippen molar-refractivity contribution in [3.8, 4) is 5.75 Å². The maximum Gasteiger partial charge on any atom is 0.573 e. The Hall–Kier alpha value is -2.78. The fraction of sp³-hybridized carbons (Fsp3) is 0.375. The van der Waals surface area contributed by atoms with Crippen molar-refractivity contribution in [2.75, 3.05) is 18.8 Å². The third kappa shape index (κ3) is 2.95. The lowest BCUT2D eigenvalue weighted by atomic mass is 10.1. The number of hydrogen-bond donors (Lipinski definition) is 1. The zero-order valence-corrected chi connectivity index (χ0v) is 13.2. The first-order chi connectivity index (χ1) is 12.2. The Morgan fingerprint density at radius 1 is 1.27 bits per heavy atom. The lowest BCUT2D eigenvalue weighted by molar-refractivity contribution is -0.275. The number of likely N-dealkylation sites (tertiary alicyclic amines) is 1. The monoisotopic (exact) mass is 371 g/mol. The van der Waals surface area contributed by atoms with Crippen LogP contribution in [0.25, 0.3) is 0 Å². The van der Waals surface area contributed by atoms with Crippen molar-refractivity contribution in [3.05, 3.63) is 41.3 Å². The number of nitrogens with two attached hydrogens (primary N) is 1. The minimum Gasteiger partial charge on any atom is -0.403 e. The Balaban J connectivity index is 1.44. The van der Waals surface area contributed by atoms with Crippen LogP contribution >= 0.6 is 0 Å². The van der Waals surface area contributed by atoms with Gasteiger partial charge < -0.3 is 19.9 Å². The summed E-state index contributed by atoms with van der Waals surface area (Å²) in [6.07, 6.45) is -5.04. The maximum atomic E-state index is 13.5. The predicted molar refractivity (Wildman–Crippen MR) is 79.6 cm³/mol. The summed E-state index contributed by atoms with van der Waals surface area (Å²) in [6, 6.07) is 4.34. The smallest absolute Gasteiger partial charge is 0.403 e. The third-order valence-corrected chi connectivity index (χ3v) is 4.77. The van der Waals surface area contributed by atoms with Crippen molar-refractivity contribution >= 4 is 11.8 Å². The van der Waals surface area contributed by atoms with E-state index in [9.17, 15) is 22.4 Å². The van der Waals surface area contributed by atoms with E-state index in [4.69, 9.17) is 10.3 Å². The Labute approximate surface area is 144 Å². The molecule has 2 fully saturated rings. The lowest BCUT2D eigenvalue weighted by Gasteiger charge is -2.20. The highest BCUT2D eigenvalue weighted by molar-refractivity contribution is 5.95. The van der Waals surface area contributed by atoms with Gasteiger partial charge in [-0.1, -0.05) is 5.16 Å². The first-order valence-corrected chi connectivity index (χ1v) is 7.79. The van der Waals surface area contributed by atoms with Crippen molar-refractivity contribution in [1.29, 1.82) is 0 Å². The van der Waals surface area contributed by atoms with Crippen LogP contribution in [0.3, 0.4) is 0 Å². The van der Waals surface area contributed by atoms with Gasteiger partial charge in [-0.25, -0.2) is 4.39 Å². The van der Waals surface area contributed by atoms with E-state index < -0.39 is 23.8 Å². The highest BCUT2D eigenvalue weighted by Crippen LogP contribution is 2.58. The van der Waals surface area contributed by atoms with E-state index in [1.807, 2.05) is 0 Å². The van der Waals surface area contributed by atoms with E-state index in [1.54, 1.807) is 6.07 Å². The number of halogens is 4. The number of anilines is 1. The highest BCUT2D eigenvalue weighted by Gasteiger charge is 2.58. The van der Waals surface area contributed by atoms with E-state index >= 15 is 0 Å². The first-order valence-electron chi connectivity index (χ1n) is 7.79. The minimum absolute atomic E-state index is 0.0609. The normalized spacial score (nSPS) is 24.5. The van der Waals surface area contributed by atoms with Crippen LogP contribution in [0.4, 0.5) is 23.4 Å². The number of carbonyl (C=O) groups is 1. The number of carbonyl (C=O) groups excluding carboxylic acids is 1. The summed E-state index contributed by atoms with van der Waals surface area (Å²) < 4.78 is 58.9. The van der Waals surface area contributed by atoms with Gasteiger partial charge in [-0.05, 0) is 30.0 Å². The second-order valence-electron chi connectivity index (χ2n) is 6.41. The van der Waals surface area contributed by atoms with Crippen molar-refractivity contribution in [2.24, 2.45) is 11.8 Å². The average Bonchev–Trinajstić information content (AvgIpc) is 2.90. The van der Waals surface area contributed by atoms with Gasteiger partial charge in [0.25, 0.3) is 5.91 Å². The molecule has 1 aliphatic heterocycles. The first kappa shape index (κ1) is 16.7. The Kier molecular flexibility index (Phi) is 3.60. The fourth-order valence-electron chi connectivity index (χ4n) is 3.61. The molecule has 1 aromatic heterocycles. The average molecular weight is 371 g/mol. The fourth-order valence-corrected chi connectivity index (χ4v) is 3.61. The zero-order chi connectivity index (χ0) is 18.6.